The molecule has 0 aromatic heterocycles. The van der Waals surface area contributed by atoms with Gasteiger partial charge in [0.25, 0.3) is 0 Å². The highest BCUT2D eigenvalue weighted by Crippen LogP contribution is 2.30. The standard InChI is InChI=1S/C15H19NO4S/c1-3-11(10-17)16-21(18,19)15-9-8-14(20-2)12-6-4-5-7-13(12)15/h4-9,11,16-17H,3,10H2,1-2H3. The summed E-state index contributed by atoms with van der Waals surface area (Å²) < 4.78 is 32.8. The number of sulfonamides is 1. The Kier molecular flexibility index (Phi) is 4.82. The highest BCUT2D eigenvalue weighted by molar-refractivity contribution is 7.89. The molecule has 0 aliphatic heterocycles. The van der Waals surface area contributed by atoms with Gasteiger partial charge in [0.1, 0.15) is 5.75 Å². The molecule has 0 amide bonds. The molecule has 0 bridgehead atoms. The third-order valence-electron chi connectivity index (χ3n) is 3.39. The van der Waals surface area contributed by atoms with E-state index in [1.165, 1.54) is 6.07 Å². The van der Waals surface area contributed by atoms with Crippen molar-refractivity contribution in [3.05, 3.63) is 36.4 Å². The Morgan fingerprint density at radius 1 is 1.19 bits per heavy atom. The van der Waals surface area contributed by atoms with Gasteiger partial charge in [-0.25, -0.2) is 13.1 Å². The summed E-state index contributed by atoms with van der Waals surface area (Å²) >= 11 is 0. The highest BCUT2D eigenvalue weighted by atomic mass is 32.2. The fourth-order valence-corrected chi connectivity index (χ4v) is 3.71. The predicted octanol–water partition coefficient (Wildman–Crippen LogP) is 1.90. The third kappa shape index (κ3) is 3.18. The first kappa shape index (κ1) is 15.8. The fourth-order valence-electron chi connectivity index (χ4n) is 2.19. The van der Waals surface area contributed by atoms with E-state index in [0.29, 0.717) is 17.6 Å². The minimum Gasteiger partial charge on any atom is -0.496 e. The molecule has 0 spiro atoms. The fraction of sp³-hybridized carbons (Fsp3) is 0.333. The Balaban J connectivity index is 2.57. The number of methoxy groups -OCH3 is 1. The van der Waals surface area contributed by atoms with Gasteiger partial charge in [0, 0.05) is 16.8 Å². The van der Waals surface area contributed by atoms with Crippen molar-refractivity contribution < 1.29 is 18.3 Å². The van der Waals surface area contributed by atoms with Gasteiger partial charge in [-0.3, -0.25) is 0 Å². The largest absolute Gasteiger partial charge is 0.496 e. The highest BCUT2D eigenvalue weighted by Gasteiger charge is 2.21. The lowest BCUT2D eigenvalue weighted by Gasteiger charge is -2.16. The minimum absolute atomic E-state index is 0.186. The molecule has 0 fully saturated rings. The lowest BCUT2D eigenvalue weighted by atomic mass is 10.1. The first-order valence-corrected chi connectivity index (χ1v) is 8.20. The van der Waals surface area contributed by atoms with Gasteiger partial charge < -0.3 is 9.84 Å². The summed E-state index contributed by atoms with van der Waals surface area (Å²) in [6.45, 7) is 1.58. The molecule has 0 aliphatic rings. The molecule has 0 heterocycles. The zero-order valence-corrected chi connectivity index (χ0v) is 12.9. The summed E-state index contributed by atoms with van der Waals surface area (Å²) in [6.07, 6.45) is 0.518. The molecule has 0 saturated heterocycles. The molecule has 6 heteroatoms. The van der Waals surface area contributed by atoms with Crippen LogP contribution in [0.15, 0.2) is 41.3 Å². The van der Waals surface area contributed by atoms with Crippen LogP contribution in [0.1, 0.15) is 13.3 Å². The monoisotopic (exact) mass is 309 g/mol. The summed E-state index contributed by atoms with van der Waals surface area (Å²) in [5, 5.41) is 10.5. The maximum atomic E-state index is 12.5. The normalized spacial score (nSPS) is 13.3. The van der Waals surface area contributed by atoms with E-state index in [2.05, 4.69) is 4.72 Å². The molecule has 5 nitrogen and oxygen atoms in total. The second-order valence-electron chi connectivity index (χ2n) is 4.72. The van der Waals surface area contributed by atoms with Crippen molar-refractivity contribution in [2.24, 2.45) is 0 Å². The Bertz CT molecular complexity index is 724. The van der Waals surface area contributed by atoms with E-state index in [0.717, 1.165) is 5.39 Å². The number of ether oxygens (including phenoxy) is 1. The molecule has 0 radical (unpaired) electrons. The zero-order valence-electron chi connectivity index (χ0n) is 12.0. The van der Waals surface area contributed by atoms with Crippen LogP contribution in [0.4, 0.5) is 0 Å². The molecule has 1 atom stereocenters. The quantitative estimate of drug-likeness (QED) is 0.854. The predicted molar refractivity (Wildman–Crippen MR) is 82.0 cm³/mol. The number of nitrogens with one attached hydrogen (secondary N) is 1. The van der Waals surface area contributed by atoms with E-state index < -0.39 is 16.1 Å². The molecule has 2 aromatic rings. The summed E-state index contributed by atoms with van der Waals surface area (Å²) in [7, 11) is -2.15. The number of aliphatic hydroxyl groups is 1. The summed E-state index contributed by atoms with van der Waals surface area (Å²) in [5.41, 5.74) is 0. The number of hydrogen-bond acceptors (Lipinski definition) is 4. The molecule has 2 rings (SSSR count). The number of benzene rings is 2. The van der Waals surface area contributed by atoms with Gasteiger partial charge >= 0.3 is 0 Å². The lowest BCUT2D eigenvalue weighted by Crippen LogP contribution is -2.36. The van der Waals surface area contributed by atoms with Gasteiger partial charge in [0.15, 0.2) is 0 Å². The topological polar surface area (TPSA) is 75.6 Å². The van der Waals surface area contributed by atoms with Crippen LogP contribution in [0, 0.1) is 0 Å². The molecule has 21 heavy (non-hydrogen) atoms. The molecule has 0 saturated carbocycles. The second-order valence-corrected chi connectivity index (χ2v) is 6.40. The molecule has 0 aliphatic carbocycles. The molecular weight excluding hydrogens is 290 g/mol. The van der Waals surface area contributed by atoms with Crippen LogP contribution < -0.4 is 9.46 Å². The van der Waals surface area contributed by atoms with Crippen LogP contribution in [0.3, 0.4) is 0 Å². The van der Waals surface area contributed by atoms with Crippen molar-refractivity contribution >= 4 is 20.8 Å². The number of hydrogen-bond donors (Lipinski definition) is 2. The SMILES string of the molecule is CCC(CO)NS(=O)(=O)c1ccc(OC)c2ccccc12. The van der Waals surface area contributed by atoms with Gasteiger partial charge in [-0.15, -0.1) is 0 Å². The van der Waals surface area contributed by atoms with Crippen LogP contribution in [0.25, 0.3) is 10.8 Å². The van der Waals surface area contributed by atoms with E-state index in [9.17, 15) is 13.5 Å². The zero-order chi connectivity index (χ0) is 15.5. The van der Waals surface area contributed by atoms with Crippen LogP contribution in [0.5, 0.6) is 5.75 Å². The second kappa shape index (κ2) is 6.43. The maximum absolute atomic E-state index is 12.5. The molecule has 2 N–H and O–H groups in total. The van der Waals surface area contributed by atoms with Gasteiger partial charge in [-0.05, 0) is 18.6 Å². The van der Waals surface area contributed by atoms with Crippen molar-refractivity contribution in [1.82, 2.24) is 4.72 Å². The minimum atomic E-state index is -3.70. The van der Waals surface area contributed by atoms with Gasteiger partial charge in [0.2, 0.25) is 10.0 Å². The van der Waals surface area contributed by atoms with Gasteiger partial charge in [-0.1, -0.05) is 31.2 Å². The average Bonchev–Trinajstić information content (AvgIpc) is 2.51. The van der Waals surface area contributed by atoms with Gasteiger partial charge in [0.05, 0.1) is 18.6 Å². The van der Waals surface area contributed by atoms with Crippen molar-refractivity contribution in [2.45, 2.75) is 24.3 Å². The van der Waals surface area contributed by atoms with E-state index in [1.54, 1.807) is 25.3 Å². The van der Waals surface area contributed by atoms with Crippen molar-refractivity contribution in [3.63, 3.8) is 0 Å². The van der Waals surface area contributed by atoms with E-state index in [4.69, 9.17) is 4.74 Å². The summed E-state index contributed by atoms with van der Waals surface area (Å²) in [6, 6.07) is 9.84. The molecular formula is C15H19NO4S. The molecule has 114 valence electrons. The number of aliphatic hydroxyl groups excluding tert-OH is 1. The van der Waals surface area contributed by atoms with Crippen LogP contribution in [-0.4, -0.2) is 33.3 Å². The summed E-state index contributed by atoms with van der Waals surface area (Å²) in [4.78, 5) is 0.186. The molecule has 1 unspecified atom stereocenters. The third-order valence-corrected chi connectivity index (χ3v) is 4.97. The Morgan fingerprint density at radius 3 is 2.43 bits per heavy atom. The first-order valence-electron chi connectivity index (χ1n) is 6.72. The van der Waals surface area contributed by atoms with Crippen molar-refractivity contribution in [2.75, 3.05) is 13.7 Å². The molecule has 2 aromatic carbocycles. The van der Waals surface area contributed by atoms with Crippen molar-refractivity contribution in [3.8, 4) is 5.75 Å². The van der Waals surface area contributed by atoms with Crippen LogP contribution >= 0.6 is 0 Å². The smallest absolute Gasteiger partial charge is 0.241 e. The van der Waals surface area contributed by atoms with E-state index in [-0.39, 0.29) is 11.5 Å². The maximum Gasteiger partial charge on any atom is 0.241 e. The Labute approximate surface area is 124 Å². The first-order chi connectivity index (χ1) is 10.0. The van der Waals surface area contributed by atoms with Gasteiger partial charge in [-0.2, -0.15) is 0 Å². The Morgan fingerprint density at radius 2 is 1.86 bits per heavy atom. The van der Waals surface area contributed by atoms with Crippen LogP contribution in [0.2, 0.25) is 0 Å². The summed E-state index contributed by atoms with van der Waals surface area (Å²) in [5.74, 6) is 0.624. The number of rotatable bonds is 6. The van der Waals surface area contributed by atoms with E-state index in [1.807, 2.05) is 19.1 Å². The van der Waals surface area contributed by atoms with Crippen LogP contribution in [-0.2, 0) is 10.0 Å². The van der Waals surface area contributed by atoms with Crippen molar-refractivity contribution in [1.29, 1.82) is 0 Å². The average molecular weight is 309 g/mol. The Hall–Kier alpha value is -1.63. The number of fused-ring (bicyclic) bond motifs is 1. The lowest BCUT2D eigenvalue weighted by molar-refractivity contribution is 0.254. The van der Waals surface area contributed by atoms with E-state index >= 15 is 0 Å².